The lowest BCUT2D eigenvalue weighted by Gasteiger charge is -2.02. The van der Waals surface area contributed by atoms with Crippen LogP contribution in [0.3, 0.4) is 0 Å². The first kappa shape index (κ1) is 16.7. The van der Waals surface area contributed by atoms with E-state index in [1.807, 2.05) is 48.5 Å². The largest absolute Gasteiger partial charge is 0.302 e. The molecule has 0 aliphatic heterocycles. The minimum absolute atomic E-state index is 0.00966. The van der Waals surface area contributed by atoms with Crippen molar-refractivity contribution >= 4 is 28.2 Å². The third-order valence-corrected chi connectivity index (χ3v) is 5.56. The van der Waals surface area contributed by atoms with Crippen molar-refractivity contribution in [1.82, 2.24) is 4.98 Å². The maximum atomic E-state index is 13.0. The number of thiazole rings is 1. The first-order valence-electron chi connectivity index (χ1n) is 8.60. The van der Waals surface area contributed by atoms with Gasteiger partial charge >= 0.3 is 0 Å². The summed E-state index contributed by atoms with van der Waals surface area (Å²) in [7, 11) is 0. The number of rotatable bonds is 5. The van der Waals surface area contributed by atoms with Crippen molar-refractivity contribution in [2.45, 2.75) is 13.3 Å². The van der Waals surface area contributed by atoms with Gasteiger partial charge in [-0.15, -0.1) is 0 Å². The van der Waals surface area contributed by atoms with E-state index >= 15 is 0 Å². The summed E-state index contributed by atoms with van der Waals surface area (Å²) in [4.78, 5) is 30.4. The van der Waals surface area contributed by atoms with Crippen LogP contribution in [0.25, 0.3) is 11.3 Å². The molecule has 3 aromatic rings. The van der Waals surface area contributed by atoms with Gasteiger partial charge in [-0.25, -0.2) is 4.98 Å². The van der Waals surface area contributed by atoms with Crippen LogP contribution in [0.2, 0.25) is 0 Å². The molecule has 1 aliphatic rings. The van der Waals surface area contributed by atoms with E-state index < -0.39 is 0 Å². The van der Waals surface area contributed by atoms with Crippen LogP contribution in [0.1, 0.15) is 28.6 Å². The van der Waals surface area contributed by atoms with Crippen LogP contribution in [0, 0.1) is 11.8 Å². The fourth-order valence-corrected chi connectivity index (χ4v) is 3.88. The Kier molecular flexibility index (Phi) is 4.39. The van der Waals surface area contributed by atoms with Crippen LogP contribution >= 0.6 is 11.3 Å². The number of hydrogen-bond acceptors (Lipinski definition) is 4. The number of nitrogens with one attached hydrogen (secondary N) is 1. The number of benzene rings is 2. The second-order valence-electron chi connectivity index (χ2n) is 6.57. The first-order valence-corrected chi connectivity index (χ1v) is 9.42. The molecule has 1 saturated carbocycles. The number of anilines is 1. The fourth-order valence-electron chi connectivity index (χ4n) is 2.93. The summed E-state index contributed by atoms with van der Waals surface area (Å²) < 4.78 is 0. The Hall–Kier alpha value is -2.79. The van der Waals surface area contributed by atoms with Gasteiger partial charge in [0.2, 0.25) is 11.7 Å². The average Bonchev–Trinajstić information content (AvgIpc) is 3.27. The van der Waals surface area contributed by atoms with E-state index in [0.29, 0.717) is 27.2 Å². The standard InChI is InChI=1S/C21H18N2O2S/c1-13-12-16(13)20(25)23-21-22-17(14-8-4-2-5-9-14)19(26-21)18(24)15-10-6-3-7-11-15/h2-11,13,16H,12H2,1H3,(H,22,23,25). The van der Waals surface area contributed by atoms with Gasteiger partial charge in [-0.1, -0.05) is 78.9 Å². The van der Waals surface area contributed by atoms with Crippen molar-refractivity contribution < 1.29 is 9.59 Å². The van der Waals surface area contributed by atoms with Crippen molar-refractivity contribution in [3.63, 3.8) is 0 Å². The third-order valence-electron chi connectivity index (χ3n) is 4.59. The van der Waals surface area contributed by atoms with E-state index in [1.165, 1.54) is 11.3 Å². The molecule has 1 N–H and O–H groups in total. The number of hydrogen-bond donors (Lipinski definition) is 1. The summed E-state index contributed by atoms with van der Waals surface area (Å²) in [5.41, 5.74) is 2.09. The Labute approximate surface area is 155 Å². The summed E-state index contributed by atoms with van der Waals surface area (Å²) in [6.45, 7) is 2.06. The molecular formula is C21H18N2O2S. The molecule has 4 nitrogen and oxygen atoms in total. The Morgan fingerprint density at radius 3 is 2.27 bits per heavy atom. The van der Waals surface area contributed by atoms with E-state index in [1.54, 1.807) is 12.1 Å². The molecular weight excluding hydrogens is 344 g/mol. The van der Waals surface area contributed by atoms with Crippen LogP contribution in [0.4, 0.5) is 5.13 Å². The highest BCUT2D eigenvalue weighted by Crippen LogP contribution is 2.39. The first-order chi connectivity index (χ1) is 12.6. The van der Waals surface area contributed by atoms with Crippen molar-refractivity contribution in [3.05, 3.63) is 71.1 Å². The lowest BCUT2D eigenvalue weighted by Crippen LogP contribution is -2.14. The molecule has 4 rings (SSSR count). The molecule has 0 saturated heterocycles. The highest BCUT2D eigenvalue weighted by atomic mass is 32.1. The number of aromatic nitrogens is 1. The van der Waals surface area contributed by atoms with Crippen molar-refractivity contribution in [3.8, 4) is 11.3 Å². The van der Waals surface area contributed by atoms with Gasteiger partial charge < -0.3 is 5.32 Å². The second kappa shape index (κ2) is 6.84. The molecule has 1 aromatic heterocycles. The van der Waals surface area contributed by atoms with Gasteiger partial charge in [-0.05, 0) is 12.3 Å². The van der Waals surface area contributed by atoms with E-state index in [2.05, 4.69) is 17.2 Å². The summed E-state index contributed by atoms with van der Waals surface area (Å²) in [5, 5.41) is 3.37. The van der Waals surface area contributed by atoms with Crippen LogP contribution < -0.4 is 5.32 Å². The van der Waals surface area contributed by atoms with Crippen LogP contribution in [0.5, 0.6) is 0 Å². The average molecular weight is 362 g/mol. The summed E-state index contributed by atoms with van der Waals surface area (Å²) in [6, 6.07) is 18.7. The van der Waals surface area contributed by atoms with E-state index in [4.69, 9.17) is 0 Å². The monoisotopic (exact) mass is 362 g/mol. The number of nitrogens with zero attached hydrogens (tertiary/aromatic N) is 1. The summed E-state index contributed by atoms with van der Waals surface area (Å²) in [6.07, 6.45) is 0.915. The summed E-state index contributed by atoms with van der Waals surface area (Å²) >= 11 is 1.24. The Morgan fingerprint density at radius 2 is 1.65 bits per heavy atom. The number of amides is 1. The van der Waals surface area contributed by atoms with Crippen molar-refractivity contribution in [1.29, 1.82) is 0 Å². The minimum Gasteiger partial charge on any atom is -0.302 e. The molecule has 2 atom stereocenters. The number of carbonyl (C=O) groups is 2. The maximum Gasteiger partial charge on any atom is 0.229 e. The van der Waals surface area contributed by atoms with Crippen molar-refractivity contribution in [2.75, 3.05) is 5.32 Å². The lowest BCUT2D eigenvalue weighted by molar-refractivity contribution is -0.117. The molecule has 1 aliphatic carbocycles. The normalized spacial score (nSPS) is 18.3. The number of ketones is 1. The predicted octanol–water partition coefficient (Wildman–Crippen LogP) is 4.64. The van der Waals surface area contributed by atoms with Crippen LogP contribution in [-0.2, 0) is 4.79 Å². The maximum absolute atomic E-state index is 13.0. The number of carbonyl (C=O) groups excluding carboxylic acids is 2. The molecule has 1 heterocycles. The van der Waals surface area contributed by atoms with Gasteiger partial charge in [0, 0.05) is 17.0 Å². The van der Waals surface area contributed by atoms with E-state index in [9.17, 15) is 9.59 Å². The fraction of sp³-hybridized carbons (Fsp3) is 0.190. The lowest BCUT2D eigenvalue weighted by atomic mass is 10.1. The van der Waals surface area contributed by atoms with Gasteiger partial charge in [0.25, 0.3) is 0 Å². The second-order valence-corrected chi connectivity index (χ2v) is 7.57. The van der Waals surface area contributed by atoms with Gasteiger partial charge in [-0.3, -0.25) is 9.59 Å². The van der Waals surface area contributed by atoms with Gasteiger partial charge in [0.1, 0.15) is 4.88 Å². The van der Waals surface area contributed by atoms with Gasteiger partial charge in [-0.2, -0.15) is 0 Å². The predicted molar refractivity (Wildman–Crippen MR) is 103 cm³/mol. The molecule has 1 fully saturated rings. The quantitative estimate of drug-likeness (QED) is 0.673. The smallest absolute Gasteiger partial charge is 0.229 e. The molecule has 0 radical (unpaired) electrons. The molecule has 0 spiro atoms. The molecule has 0 bridgehead atoms. The Morgan fingerprint density at radius 1 is 1.04 bits per heavy atom. The zero-order valence-corrected chi connectivity index (χ0v) is 15.1. The zero-order chi connectivity index (χ0) is 18.1. The topological polar surface area (TPSA) is 59.1 Å². The molecule has 2 aromatic carbocycles. The highest BCUT2D eigenvalue weighted by molar-refractivity contribution is 7.18. The zero-order valence-electron chi connectivity index (χ0n) is 14.3. The van der Waals surface area contributed by atoms with Gasteiger partial charge in [0.15, 0.2) is 5.13 Å². The summed E-state index contributed by atoms with van der Waals surface area (Å²) in [5.74, 6) is 0.396. The molecule has 5 heteroatoms. The van der Waals surface area contributed by atoms with Crippen LogP contribution in [-0.4, -0.2) is 16.7 Å². The highest BCUT2D eigenvalue weighted by Gasteiger charge is 2.39. The SMILES string of the molecule is CC1CC1C(=O)Nc1nc(-c2ccccc2)c(C(=O)c2ccccc2)s1. The van der Waals surface area contributed by atoms with E-state index in [-0.39, 0.29) is 17.6 Å². The molecule has 26 heavy (non-hydrogen) atoms. The molecule has 1 amide bonds. The minimum atomic E-state index is -0.0813. The third kappa shape index (κ3) is 3.30. The Bertz CT molecular complexity index is 951. The molecule has 130 valence electrons. The molecule has 2 unspecified atom stereocenters. The van der Waals surface area contributed by atoms with E-state index in [0.717, 1.165) is 12.0 Å². The van der Waals surface area contributed by atoms with Crippen molar-refractivity contribution in [2.24, 2.45) is 11.8 Å². The van der Waals surface area contributed by atoms with Crippen LogP contribution in [0.15, 0.2) is 60.7 Å². The Balaban J connectivity index is 1.71. The van der Waals surface area contributed by atoms with Gasteiger partial charge in [0.05, 0.1) is 5.69 Å².